The average Bonchev–Trinajstić information content (AvgIpc) is 2.31. The summed E-state index contributed by atoms with van der Waals surface area (Å²) < 4.78 is 1.91. The van der Waals surface area contributed by atoms with Gasteiger partial charge in [-0.15, -0.1) is 5.10 Å². The molecule has 1 aliphatic rings. The number of nitrogens with zero attached hydrogens (tertiary/aromatic N) is 3. The molecule has 0 aromatic carbocycles. The van der Waals surface area contributed by atoms with Crippen LogP contribution in [0, 0.1) is 0 Å². The predicted molar refractivity (Wildman–Crippen MR) is 42.7 cm³/mol. The molecule has 1 unspecified atom stereocenters. The van der Waals surface area contributed by atoms with E-state index in [-0.39, 0.29) is 0 Å². The van der Waals surface area contributed by atoms with Gasteiger partial charge in [-0.25, -0.2) is 9.67 Å². The summed E-state index contributed by atoms with van der Waals surface area (Å²) in [7, 11) is 0. The smallest absolute Gasteiger partial charge is 0.242 e. The number of hydrogen-bond donors (Lipinski definition) is 0. The van der Waals surface area contributed by atoms with Gasteiger partial charge in [-0.3, -0.25) is 0 Å². The van der Waals surface area contributed by atoms with E-state index in [2.05, 4.69) is 17.0 Å². The molecule has 0 fully saturated rings. The van der Waals surface area contributed by atoms with Gasteiger partial charge in [0.25, 0.3) is 0 Å². The zero-order valence-electron chi connectivity index (χ0n) is 6.42. The molecule has 0 radical (unpaired) electrons. The minimum atomic E-state index is 0.383. The molecule has 11 heavy (non-hydrogen) atoms. The number of rotatable bonds is 0. The Balaban J connectivity index is 2.43. The number of aryl methyl sites for hydroxylation is 1. The number of halogens is 1. The van der Waals surface area contributed by atoms with Crippen LogP contribution in [0.15, 0.2) is 0 Å². The predicted octanol–water partition coefficient (Wildman–Crippen LogP) is 1.83. The van der Waals surface area contributed by atoms with E-state index < -0.39 is 0 Å². The first-order valence-electron chi connectivity index (χ1n) is 3.87. The Morgan fingerprint density at radius 2 is 2.45 bits per heavy atom. The van der Waals surface area contributed by atoms with Crippen LogP contribution in [0.4, 0.5) is 0 Å². The van der Waals surface area contributed by atoms with Crippen molar-refractivity contribution in [2.45, 2.75) is 32.2 Å². The summed E-state index contributed by atoms with van der Waals surface area (Å²) in [6.45, 7) is 3.13. The van der Waals surface area contributed by atoms with Gasteiger partial charge in [-0.2, -0.15) is 0 Å². The van der Waals surface area contributed by atoms with E-state index >= 15 is 0 Å². The highest BCUT2D eigenvalue weighted by Crippen LogP contribution is 2.25. The lowest BCUT2D eigenvalue weighted by molar-refractivity contribution is 0.432. The molecule has 0 saturated carbocycles. The van der Waals surface area contributed by atoms with Crippen LogP contribution in [0.1, 0.15) is 31.5 Å². The zero-order valence-corrected chi connectivity index (χ0v) is 7.17. The average molecular weight is 172 g/mol. The van der Waals surface area contributed by atoms with Crippen LogP contribution in [-0.4, -0.2) is 14.8 Å². The first-order chi connectivity index (χ1) is 5.27. The van der Waals surface area contributed by atoms with Gasteiger partial charge in [0, 0.05) is 12.5 Å². The number of fused-ring (bicyclic) bond motifs is 1. The van der Waals surface area contributed by atoms with Crippen LogP contribution in [0.5, 0.6) is 0 Å². The molecule has 4 heteroatoms. The minimum absolute atomic E-state index is 0.383. The quantitative estimate of drug-likeness (QED) is 0.596. The van der Waals surface area contributed by atoms with Crippen LogP contribution < -0.4 is 0 Å². The summed E-state index contributed by atoms with van der Waals surface area (Å²) >= 11 is 5.67. The van der Waals surface area contributed by atoms with E-state index in [4.69, 9.17) is 11.6 Å². The molecule has 1 aromatic rings. The summed E-state index contributed by atoms with van der Waals surface area (Å²) in [5.41, 5.74) is 0. The molecule has 3 nitrogen and oxygen atoms in total. The Morgan fingerprint density at radius 1 is 1.64 bits per heavy atom. The van der Waals surface area contributed by atoms with Crippen LogP contribution in [0.25, 0.3) is 0 Å². The van der Waals surface area contributed by atoms with Gasteiger partial charge in [0.05, 0.1) is 0 Å². The lowest BCUT2D eigenvalue weighted by Crippen LogP contribution is -2.14. The molecule has 1 aliphatic heterocycles. The van der Waals surface area contributed by atoms with Gasteiger partial charge in [-0.1, -0.05) is 6.92 Å². The molecule has 0 bridgehead atoms. The Hall–Kier alpha value is -0.570. The largest absolute Gasteiger partial charge is 0.248 e. The summed E-state index contributed by atoms with van der Waals surface area (Å²) in [6.07, 6.45) is 2.39. The maximum atomic E-state index is 5.67. The van der Waals surface area contributed by atoms with Crippen LogP contribution >= 0.6 is 11.6 Å². The van der Waals surface area contributed by atoms with Crippen molar-refractivity contribution in [3.05, 3.63) is 11.1 Å². The van der Waals surface area contributed by atoms with Gasteiger partial charge >= 0.3 is 0 Å². The van der Waals surface area contributed by atoms with Crippen molar-refractivity contribution >= 4 is 11.6 Å². The van der Waals surface area contributed by atoms with Crippen molar-refractivity contribution in [1.82, 2.24) is 14.8 Å². The highest BCUT2D eigenvalue weighted by Gasteiger charge is 2.19. The molecule has 2 heterocycles. The minimum Gasteiger partial charge on any atom is -0.248 e. The third-order valence-corrected chi connectivity index (χ3v) is 2.28. The van der Waals surface area contributed by atoms with Gasteiger partial charge < -0.3 is 0 Å². The molecule has 60 valence electrons. The molecular weight excluding hydrogens is 162 g/mol. The van der Waals surface area contributed by atoms with Gasteiger partial charge in [0.2, 0.25) is 5.28 Å². The molecule has 0 amide bonds. The Kier molecular flexibility index (Phi) is 1.60. The fraction of sp³-hybridized carbons (Fsp3) is 0.714. The van der Waals surface area contributed by atoms with Crippen molar-refractivity contribution in [2.75, 3.05) is 0 Å². The van der Waals surface area contributed by atoms with E-state index in [0.717, 1.165) is 12.4 Å². The topological polar surface area (TPSA) is 30.7 Å². The van der Waals surface area contributed by atoms with E-state index in [0.29, 0.717) is 11.2 Å². The summed E-state index contributed by atoms with van der Waals surface area (Å²) in [4.78, 5) is 4.15. The summed E-state index contributed by atoms with van der Waals surface area (Å²) in [5.74, 6) is 1.56. The third-order valence-electron chi connectivity index (χ3n) is 2.12. The fourth-order valence-corrected chi connectivity index (χ4v) is 1.71. The lowest BCUT2D eigenvalue weighted by atomic mass is 10.0. The molecule has 1 atom stereocenters. The highest BCUT2D eigenvalue weighted by atomic mass is 35.5. The summed E-state index contributed by atoms with van der Waals surface area (Å²) in [5, 5.41) is 4.46. The van der Waals surface area contributed by atoms with Gasteiger partial charge in [0.15, 0.2) is 0 Å². The normalized spacial score (nSPS) is 23.3. The Labute approximate surface area is 70.4 Å². The fourth-order valence-electron chi connectivity index (χ4n) is 1.53. The molecule has 0 spiro atoms. The van der Waals surface area contributed by atoms with Crippen molar-refractivity contribution in [3.63, 3.8) is 0 Å². The van der Waals surface area contributed by atoms with Crippen LogP contribution in [0.2, 0.25) is 5.28 Å². The lowest BCUT2D eigenvalue weighted by Gasteiger charge is -2.17. The standard InChI is InChI=1S/C7H10ClN3/c1-5-3-2-4-11-6(5)9-7(8)10-11/h5H,2-4H2,1H3. The Morgan fingerprint density at radius 3 is 3.18 bits per heavy atom. The first-order valence-corrected chi connectivity index (χ1v) is 4.25. The second kappa shape index (κ2) is 2.48. The molecule has 0 aliphatic carbocycles. The molecule has 0 N–H and O–H groups in total. The third kappa shape index (κ3) is 1.13. The van der Waals surface area contributed by atoms with Crippen molar-refractivity contribution in [1.29, 1.82) is 0 Å². The molecule has 2 rings (SSSR count). The van der Waals surface area contributed by atoms with Crippen molar-refractivity contribution in [2.24, 2.45) is 0 Å². The maximum absolute atomic E-state index is 5.67. The van der Waals surface area contributed by atoms with E-state index in [9.17, 15) is 0 Å². The van der Waals surface area contributed by atoms with E-state index in [1.165, 1.54) is 12.8 Å². The SMILES string of the molecule is CC1CCCn2nc(Cl)nc21. The van der Waals surface area contributed by atoms with E-state index in [1.807, 2.05) is 4.68 Å². The first kappa shape index (κ1) is 7.10. The second-order valence-corrected chi connectivity index (χ2v) is 3.34. The zero-order chi connectivity index (χ0) is 7.84. The molecule has 0 saturated heterocycles. The van der Waals surface area contributed by atoms with Crippen LogP contribution in [-0.2, 0) is 6.54 Å². The highest BCUT2D eigenvalue weighted by molar-refractivity contribution is 6.28. The van der Waals surface area contributed by atoms with Crippen molar-refractivity contribution in [3.8, 4) is 0 Å². The van der Waals surface area contributed by atoms with Crippen LogP contribution in [0.3, 0.4) is 0 Å². The van der Waals surface area contributed by atoms with Gasteiger partial charge in [-0.05, 0) is 24.4 Å². The molecule has 1 aromatic heterocycles. The maximum Gasteiger partial charge on any atom is 0.242 e. The second-order valence-electron chi connectivity index (χ2n) is 3.01. The van der Waals surface area contributed by atoms with Gasteiger partial charge in [0.1, 0.15) is 5.82 Å². The monoisotopic (exact) mass is 171 g/mol. The molecular formula is C7H10ClN3. The van der Waals surface area contributed by atoms with E-state index in [1.54, 1.807) is 0 Å². The van der Waals surface area contributed by atoms with Crippen molar-refractivity contribution < 1.29 is 0 Å². The summed E-state index contributed by atoms with van der Waals surface area (Å²) in [6, 6.07) is 0. The Bertz CT molecular complexity index is 269. The number of aromatic nitrogens is 3. The number of hydrogen-bond acceptors (Lipinski definition) is 2.